The van der Waals surface area contributed by atoms with Gasteiger partial charge in [0.2, 0.25) is 0 Å². The van der Waals surface area contributed by atoms with Gasteiger partial charge in [-0.15, -0.1) is 0 Å². The standard InChI is InChI=1S/C16H23BrFNO/c1-3-20-15-7-11(8-15)6-14(19-2)9-12-4-5-13(18)10-16(12)17/h4-5,10-11,14-15,19H,3,6-9H2,1-2H3. The van der Waals surface area contributed by atoms with Crippen molar-refractivity contribution in [1.29, 1.82) is 0 Å². The van der Waals surface area contributed by atoms with Crippen molar-refractivity contribution in [2.75, 3.05) is 13.7 Å². The Morgan fingerprint density at radius 1 is 1.45 bits per heavy atom. The molecular formula is C16H23BrFNO. The molecule has 2 rings (SSSR count). The van der Waals surface area contributed by atoms with Gasteiger partial charge in [-0.25, -0.2) is 4.39 Å². The predicted molar refractivity (Wildman–Crippen MR) is 83.4 cm³/mol. The van der Waals surface area contributed by atoms with Crippen LogP contribution in [0.5, 0.6) is 0 Å². The van der Waals surface area contributed by atoms with E-state index >= 15 is 0 Å². The number of ether oxygens (including phenoxy) is 1. The van der Waals surface area contributed by atoms with Crippen LogP contribution in [-0.2, 0) is 11.2 Å². The molecule has 0 bridgehead atoms. The first-order valence-electron chi connectivity index (χ1n) is 7.35. The molecule has 0 heterocycles. The lowest BCUT2D eigenvalue weighted by molar-refractivity contribution is -0.0288. The third-order valence-electron chi connectivity index (χ3n) is 4.10. The maximum atomic E-state index is 13.1. The number of nitrogens with one attached hydrogen (secondary N) is 1. The first kappa shape index (κ1) is 15.9. The van der Waals surface area contributed by atoms with Gasteiger partial charge in [-0.2, -0.15) is 0 Å². The van der Waals surface area contributed by atoms with Crippen molar-refractivity contribution in [1.82, 2.24) is 5.32 Å². The number of benzene rings is 1. The summed E-state index contributed by atoms with van der Waals surface area (Å²) < 4.78 is 19.6. The van der Waals surface area contributed by atoms with Crippen LogP contribution in [-0.4, -0.2) is 25.8 Å². The molecule has 1 fully saturated rings. The molecule has 20 heavy (non-hydrogen) atoms. The van der Waals surface area contributed by atoms with Crippen LogP contribution in [0.15, 0.2) is 22.7 Å². The van der Waals surface area contributed by atoms with E-state index in [-0.39, 0.29) is 5.82 Å². The Bertz CT molecular complexity index is 434. The molecule has 0 spiro atoms. The first-order valence-corrected chi connectivity index (χ1v) is 8.14. The zero-order valence-electron chi connectivity index (χ0n) is 12.2. The SMILES string of the molecule is CCOC1CC(CC(Cc2ccc(F)cc2Br)NC)C1. The van der Waals surface area contributed by atoms with Crippen LogP contribution in [0.25, 0.3) is 0 Å². The summed E-state index contributed by atoms with van der Waals surface area (Å²) in [6, 6.07) is 5.37. The molecule has 0 radical (unpaired) electrons. The van der Waals surface area contributed by atoms with Gasteiger partial charge in [-0.05, 0) is 63.3 Å². The Morgan fingerprint density at radius 3 is 2.80 bits per heavy atom. The van der Waals surface area contributed by atoms with Crippen molar-refractivity contribution in [2.24, 2.45) is 5.92 Å². The molecule has 1 aliphatic carbocycles. The van der Waals surface area contributed by atoms with E-state index in [0.29, 0.717) is 12.1 Å². The normalized spacial score (nSPS) is 23.4. The van der Waals surface area contributed by atoms with Crippen molar-refractivity contribution in [3.8, 4) is 0 Å². The van der Waals surface area contributed by atoms with E-state index in [1.54, 1.807) is 0 Å². The van der Waals surface area contributed by atoms with Crippen molar-refractivity contribution < 1.29 is 9.13 Å². The van der Waals surface area contributed by atoms with E-state index in [0.717, 1.165) is 35.4 Å². The van der Waals surface area contributed by atoms with E-state index in [9.17, 15) is 4.39 Å². The highest BCUT2D eigenvalue weighted by atomic mass is 79.9. The van der Waals surface area contributed by atoms with Gasteiger partial charge in [0.25, 0.3) is 0 Å². The number of likely N-dealkylation sites (N-methyl/N-ethyl adjacent to an activating group) is 1. The van der Waals surface area contributed by atoms with Crippen LogP contribution < -0.4 is 5.32 Å². The number of rotatable bonds is 7. The molecule has 2 nitrogen and oxygen atoms in total. The van der Waals surface area contributed by atoms with Gasteiger partial charge in [0.15, 0.2) is 0 Å². The van der Waals surface area contributed by atoms with E-state index in [1.165, 1.54) is 25.0 Å². The highest BCUT2D eigenvalue weighted by molar-refractivity contribution is 9.10. The summed E-state index contributed by atoms with van der Waals surface area (Å²) in [7, 11) is 2.00. The van der Waals surface area contributed by atoms with Gasteiger partial charge >= 0.3 is 0 Å². The Morgan fingerprint density at radius 2 is 2.20 bits per heavy atom. The van der Waals surface area contributed by atoms with Crippen molar-refractivity contribution in [2.45, 2.75) is 44.8 Å². The summed E-state index contributed by atoms with van der Waals surface area (Å²) >= 11 is 3.44. The van der Waals surface area contributed by atoms with Crippen molar-refractivity contribution >= 4 is 15.9 Å². The third kappa shape index (κ3) is 4.27. The predicted octanol–water partition coefficient (Wildman–Crippen LogP) is 3.92. The molecule has 112 valence electrons. The van der Waals surface area contributed by atoms with Gasteiger partial charge in [0.05, 0.1) is 6.10 Å². The van der Waals surface area contributed by atoms with E-state index in [1.807, 2.05) is 13.1 Å². The van der Waals surface area contributed by atoms with Crippen LogP contribution in [0, 0.1) is 11.7 Å². The minimum absolute atomic E-state index is 0.194. The minimum Gasteiger partial charge on any atom is -0.378 e. The van der Waals surface area contributed by atoms with Crippen LogP contribution in [0.3, 0.4) is 0 Å². The van der Waals surface area contributed by atoms with Crippen LogP contribution in [0.4, 0.5) is 4.39 Å². The van der Waals surface area contributed by atoms with E-state index in [4.69, 9.17) is 4.74 Å². The fourth-order valence-corrected chi connectivity index (χ4v) is 3.41. The van der Waals surface area contributed by atoms with E-state index < -0.39 is 0 Å². The molecule has 4 heteroatoms. The lowest BCUT2D eigenvalue weighted by atomic mass is 9.77. The van der Waals surface area contributed by atoms with E-state index in [2.05, 4.69) is 28.2 Å². The molecule has 0 amide bonds. The Hall–Kier alpha value is -0.450. The van der Waals surface area contributed by atoms with Gasteiger partial charge in [0, 0.05) is 17.1 Å². The quantitative estimate of drug-likeness (QED) is 0.809. The topological polar surface area (TPSA) is 21.3 Å². The molecule has 1 atom stereocenters. The average Bonchev–Trinajstić information content (AvgIpc) is 2.37. The smallest absolute Gasteiger partial charge is 0.124 e. The molecule has 1 N–H and O–H groups in total. The van der Waals surface area contributed by atoms with Crippen LogP contribution in [0.2, 0.25) is 0 Å². The molecule has 0 saturated heterocycles. The third-order valence-corrected chi connectivity index (χ3v) is 4.84. The Kier molecular flexibility index (Phi) is 6.00. The van der Waals surface area contributed by atoms with Crippen LogP contribution >= 0.6 is 15.9 Å². The Balaban J connectivity index is 1.84. The van der Waals surface area contributed by atoms with Crippen molar-refractivity contribution in [3.63, 3.8) is 0 Å². The summed E-state index contributed by atoms with van der Waals surface area (Å²) in [5.41, 5.74) is 1.16. The van der Waals surface area contributed by atoms with Crippen molar-refractivity contribution in [3.05, 3.63) is 34.1 Å². The fraction of sp³-hybridized carbons (Fsp3) is 0.625. The maximum absolute atomic E-state index is 13.1. The zero-order chi connectivity index (χ0) is 14.5. The van der Waals surface area contributed by atoms with Crippen LogP contribution in [0.1, 0.15) is 31.7 Å². The second kappa shape index (κ2) is 7.53. The fourth-order valence-electron chi connectivity index (χ4n) is 2.90. The molecule has 0 aliphatic heterocycles. The molecule has 1 aliphatic rings. The number of halogens is 2. The largest absolute Gasteiger partial charge is 0.378 e. The number of hydrogen-bond acceptors (Lipinski definition) is 2. The number of hydrogen-bond donors (Lipinski definition) is 1. The molecular weight excluding hydrogens is 321 g/mol. The second-order valence-electron chi connectivity index (χ2n) is 5.58. The molecule has 1 aromatic rings. The summed E-state index contributed by atoms with van der Waals surface area (Å²) in [5, 5.41) is 3.38. The molecule has 1 unspecified atom stereocenters. The first-order chi connectivity index (χ1) is 9.62. The summed E-state index contributed by atoms with van der Waals surface area (Å²) in [6.07, 6.45) is 4.91. The highest BCUT2D eigenvalue weighted by Gasteiger charge is 2.31. The summed E-state index contributed by atoms with van der Waals surface area (Å²) in [6.45, 7) is 2.87. The lowest BCUT2D eigenvalue weighted by Crippen LogP contribution is -2.38. The van der Waals surface area contributed by atoms with Gasteiger partial charge in [-0.1, -0.05) is 22.0 Å². The van der Waals surface area contributed by atoms with Gasteiger partial charge in [-0.3, -0.25) is 0 Å². The molecule has 0 aromatic heterocycles. The maximum Gasteiger partial charge on any atom is 0.124 e. The minimum atomic E-state index is -0.194. The summed E-state index contributed by atoms with van der Waals surface area (Å²) in [5.74, 6) is 0.559. The second-order valence-corrected chi connectivity index (χ2v) is 6.43. The highest BCUT2D eigenvalue weighted by Crippen LogP contribution is 2.34. The molecule has 1 aromatic carbocycles. The van der Waals surface area contributed by atoms with Gasteiger partial charge in [0.1, 0.15) is 5.82 Å². The average molecular weight is 344 g/mol. The molecule has 1 saturated carbocycles. The monoisotopic (exact) mass is 343 g/mol. The van der Waals surface area contributed by atoms with Gasteiger partial charge < -0.3 is 10.1 Å². The Labute approximate surface area is 129 Å². The summed E-state index contributed by atoms with van der Waals surface area (Å²) in [4.78, 5) is 0. The lowest BCUT2D eigenvalue weighted by Gasteiger charge is -2.37. The zero-order valence-corrected chi connectivity index (χ0v) is 13.7.